The van der Waals surface area contributed by atoms with Gasteiger partial charge < -0.3 is 9.80 Å². The fraction of sp³-hybridized carbons (Fsp3) is 0.500. The summed E-state index contributed by atoms with van der Waals surface area (Å²) < 4.78 is 13.4. The molecule has 2 heterocycles. The molecule has 118 valence electrons. The number of likely N-dealkylation sites (tertiary alicyclic amines) is 2. The van der Waals surface area contributed by atoms with Crippen LogP contribution in [-0.2, 0) is 4.79 Å². The van der Waals surface area contributed by atoms with Gasteiger partial charge in [-0.05, 0) is 37.5 Å². The average Bonchev–Trinajstić information content (AvgIpc) is 2.92. The summed E-state index contributed by atoms with van der Waals surface area (Å²) in [4.78, 5) is 28.4. The number of hydrogen-bond donors (Lipinski definition) is 0. The third kappa shape index (κ3) is 2.47. The van der Waals surface area contributed by atoms with E-state index in [1.807, 2.05) is 0 Å². The highest BCUT2D eigenvalue weighted by Gasteiger charge is 2.48. The summed E-state index contributed by atoms with van der Waals surface area (Å²) >= 11 is 6.01. The van der Waals surface area contributed by atoms with Gasteiger partial charge in [0.1, 0.15) is 5.82 Å². The number of rotatable bonds is 1. The summed E-state index contributed by atoms with van der Waals surface area (Å²) in [6, 6.07) is 3.77. The van der Waals surface area contributed by atoms with E-state index in [1.54, 1.807) is 16.8 Å². The van der Waals surface area contributed by atoms with Gasteiger partial charge in [0.2, 0.25) is 5.91 Å². The first-order chi connectivity index (χ1) is 10.4. The highest BCUT2D eigenvalue weighted by molar-refractivity contribution is 6.33. The number of benzene rings is 1. The van der Waals surface area contributed by atoms with Crippen molar-refractivity contribution in [3.05, 3.63) is 34.6 Å². The molecule has 1 aromatic carbocycles. The summed E-state index contributed by atoms with van der Waals surface area (Å²) in [6.45, 7) is 1.66. The molecule has 1 spiro atoms. The van der Waals surface area contributed by atoms with Crippen LogP contribution in [0.3, 0.4) is 0 Å². The lowest BCUT2D eigenvalue weighted by atomic mass is 9.78. The second kappa shape index (κ2) is 5.54. The number of piperidine rings is 1. The Morgan fingerprint density at radius 2 is 2.09 bits per heavy atom. The molecule has 4 nitrogen and oxygen atoms in total. The highest BCUT2D eigenvalue weighted by atomic mass is 35.5. The smallest absolute Gasteiger partial charge is 0.255 e. The molecule has 0 saturated carbocycles. The van der Waals surface area contributed by atoms with Crippen LogP contribution < -0.4 is 0 Å². The van der Waals surface area contributed by atoms with Gasteiger partial charge in [0, 0.05) is 26.7 Å². The minimum atomic E-state index is -0.491. The molecule has 0 aliphatic carbocycles. The third-order valence-electron chi connectivity index (χ3n) is 4.75. The molecule has 6 heteroatoms. The standard InChI is InChI=1S/C16H18ClFN2O2/c1-19-7-2-5-16(15(19)22)6-8-20(10-16)14(21)12-9-11(18)3-4-13(12)17/h3-4,9H,2,5-8,10H2,1H3/t16-/m1/s1. The van der Waals surface area contributed by atoms with Gasteiger partial charge in [-0.3, -0.25) is 9.59 Å². The van der Waals surface area contributed by atoms with Crippen LogP contribution in [0.5, 0.6) is 0 Å². The third-order valence-corrected chi connectivity index (χ3v) is 5.08. The number of carbonyl (C=O) groups is 2. The van der Waals surface area contributed by atoms with Crippen molar-refractivity contribution in [2.75, 3.05) is 26.7 Å². The molecule has 1 aromatic rings. The molecule has 0 radical (unpaired) electrons. The van der Waals surface area contributed by atoms with E-state index in [9.17, 15) is 14.0 Å². The molecule has 2 aliphatic rings. The number of amides is 2. The van der Waals surface area contributed by atoms with Gasteiger partial charge in [-0.1, -0.05) is 11.6 Å². The molecule has 22 heavy (non-hydrogen) atoms. The van der Waals surface area contributed by atoms with Crippen LogP contribution >= 0.6 is 11.6 Å². The van der Waals surface area contributed by atoms with E-state index in [2.05, 4.69) is 0 Å². The predicted octanol–water partition coefficient (Wildman–Crippen LogP) is 2.56. The van der Waals surface area contributed by atoms with Crippen molar-refractivity contribution in [3.8, 4) is 0 Å². The van der Waals surface area contributed by atoms with Crippen LogP contribution in [0.2, 0.25) is 5.02 Å². The number of halogens is 2. The molecule has 0 aromatic heterocycles. The van der Waals surface area contributed by atoms with E-state index in [1.165, 1.54) is 12.1 Å². The maximum atomic E-state index is 13.4. The lowest BCUT2D eigenvalue weighted by Crippen LogP contribution is -2.48. The molecule has 0 bridgehead atoms. The molecule has 0 N–H and O–H groups in total. The summed E-state index contributed by atoms with van der Waals surface area (Å²) in [5.41, 5.74) is -0.307. The Kier molecular flexibility index (Phi) is 3.85. The van der Waals surface area contributed by atoms with Gasteiger partial charge in [-0.2, -0.15) is 0 Å². The van der Waals surface area contributed by atoms with Gasteiger partial charge in [0.15, 0.2) is 0 Å². The largest absolute Gasteiger partial charge is 0.345 e. The number of nitrogens with zero attached hydrogens (tertiary/aromatic N) is 2. The van der Waals surface area contributed by atoms with Crippen molar-refractivity contribution in [1.29, 1.82) is 0 Å². The molecule has 2 saturated heterocycles. The highest BCUT2D eigenvalue weighted by Crippen LogP contribution is 2.40. The zero-order valence-corrected chi connectivity index (χ0v) is 13.2. The Hall–Kier alpha value is -1.62. The van der Waals surface area contributed by atoms with Gasteiger partial charge >= 0.3 is 0 Å². The first kappa shape index (κ1) is 15.3. The fourth-order valence-electron chi connectivity index (χ4n) is 3.52. The maximum Gasteiger partial charge on any atom is 0.255 e. The second-order valence-corrected chi connectivity index (χ2v) is 6.62. The summed E-state index contributed by atoms with van der Waals surface area (Å²) in [5.74, 6) is -0.683. The van der Waals surface area contributed by atoms with E-state index >= 15 is 0 Å². The molecular formula is C16H18ClFN2O2. The lowest BCUT2D eigenvalue weighted by Gasteiger charge is -2.37. The summed E-state index contributed by atoms with van der Waals surface area (Å²) in [6.07, 6.45) is 2.41. The quantitative estimate of drug-likeness (QED) is 0.796. The molecule has 1 atom stereocenters. The molecule has 3 rings (SSSR count). The predicted molar refractivity (Wildman–Crippen MR) is 81.2 cm³/mol. The zero-order chi connectivity index (χ0) is 15.9. The normalized spacial score (nSPS) is 25.1. The van der Waals surface area contributed by atoms with Gasteiger partial charge in [-0.15, -0.1) is 0 Å². The van der Waals surface area contributed by atoms with Crippen LogP contribution in [0.4, 0.5) is 4.39 Å². The maximum absolute atomic E-state index is 13.4. The molecule has 2 fully saturated rings. The Balaban J connectivity index is 1.82. The minimum Gasteiger partial charge on any atom is -0.345 e. The number of carbonyl (C=O) groups excluding carboxylic acids is 2. The van der Waals surface area contributed by atoms with Crippen molar-refractivity contribution in [2.24, 2.45) is 5.41 Å². The van der Waals surface area contributed by atoms with Crippen LogP contribution in [0.25, 0.3) is 0 Å². The van der Waals surface area contributed by atoms with E-state index in [-0.39, 0.29) is 22.4 Å². The van der Waals surface area contributed by atoms with Crippen LogP contribution in [0.15, 0.2) is 18.2 Å². The molecule has 2 aliphatic heterocycles. The second-order valence-electron chi connectivity index (χ2n) is 6.21. The van der Waals surface area contributed by atoms with E-state index in [4.69, 9.17) is 11.6 Å². The van der Waals surface area contributed by atoms with E-state index in [0.717, 1.165) is 25.5 Å². The Morgan fingerprint density at radius 1 is 1.32 bits per heavy atom. The van der Waals surface area contributed by atoms with Crippen molar-refractivity contribution in [1.82, 2.24) is 9.80 Å². The fourth-order valence-corrected chi connectivity index (χ4v) is 3.72. The van der Waals surface area contributed by atoms with Crippen LogP contribution in [0, 0.1) is 11.2 Å². The van der Waals surface area contributed by atoms with Crippen LogP contribution in [-0.4, -0.2) is 48.3 Å². The molecule has 2 amide bonds. The summed E-state index contributed by atoms with van der Waals surface area (Å²) in [5, 5.41) is 0.236. The van der Waals surface area contributed by atoms with Crippen molar-refractivity contribution in [3.63, 3.8) is 0 Å². The zero-order valence-electron chi connectivity index (χ0n) is 12.4. The lowest BCUT2D eigenvalue weighted by molar-refractivity contribution is -0.143. The Labute approximate surface area is 133 Å². The van der Waals surface area contributed by atoms with Crippen molar-refractivity contribution in [2.45, 2.75) is 19.3 Å². The van der Waals surface area contributed by atoms with E-state index < -0.39 is 11.2 Å². The average molecular weight is 325 g/mol. The van der Waals surface area contributed by atoms with Gasteiger partial charge in [-0.25, -0.2) is 4.39 Å². The monoisotopic (exact) mass is 324 g/mol. The van der Waals surface area contributed by atoms with Gasteiger partial charge in [0.05, 0.1) is 16.0 Å². The van der Waals surface area contributed by atoms with Gasteiger partial charge in [0.25, 0.3) is 5.91 Å². The Bertz CT molecular complexity index is 637. The topological polar surface area (TPSA) is 40.6 Å². The van der Waals surface area contributed by atoms with E-state index in [0.29, 0.717) is 19.5 Å². The first-order valence-corrected chi connectivity index (χ1v) is 7.81. The molecule has 0 unspecified atom stereocenters. The number of hydrogen-bond acceptors (Lipinski definition) is 2. The minimum absolute atomic E-state index is 0.111. The van der Waals surface area contributed by atoms with Crippen molar-refractivity contribution < 1.29 is 14.0 Å². The van der Waals surface area contributed by atoms with Crippen molar-refractivity contribution >= 4 is 23.4 Å². The summed E-state index contributed by atoms with van der Waals surface area (Å²) in [7, 11) is 1.80. The first-order valence-electron chi connectivity index (χ1n) is 7.43. The van der Waals surface area contributed by atoms with Crippen LogP contribution in [0.1, 0.15) is 29.6 Å². The molecular weight excluding hydrogens is 307 g/mol. The Morgan fingerprint density at radius 3 is 2.86 bits per heavy atom. The SMILES string of the molecule is CN1CCC[C@]2(CCN(C(=O)c3cc(F)ccc3Cl)C2)C1=O.